The highest BCUT2D eigenvalue weighted by atomic mass is 16.2. The van der Waals surface area contributed by atoms with Crippen molar-refractivity contribution in [3.05, 3.63) is 35.4 Å². The van der Waals surface area contributed by atoms with Gasteiger partial charge in [-0.3, -0.25) is 9.59 Å². The number of hydrogen-bond acceptors (Lipinski definition) is 2. The molecule has 3 rings (SSSR count). The summed E-state index contributed by atoms with van der Waals surface area (Å²) in [5.74, 6) is 0.965. The fourth-order valence-corrected chi connectivity index (χ4v) is 2.94. The second-order valence-corrected chi connectivity index (χ2v) is 6.44. The van der Waals surface area contributed by atoms with E-state index in [0.717, 1.165) is 19.5 Å². The van der Waals surface area contributed by atoms with Crippen LogP contribution in [-0.4, -0.2) is 29.8 Å². The smallest absolute Gasteiger partial charge is 0.222 e. The molecule has 0 radical (unpaired) electrons. The molecule has 1 aromatic carbocycles. The number of nitrogens with one attached hydrogen (secondary N) is 1. The monoisotopic (exact) mass is 300 g/mol. The summed E-state index contributed by atoms with van der Waals surface area (Å²) in [5, 5.41) is 2.95. The van der Waals surface area contributed by atoms with E-state index in [2.05, 4.69) is 23.5 Å². The normalized spacial score (nSPS) is 17.0. The fourth-order valence-electron chi connectivity index (χ4n) is 2.94. The Bertz CT molecular complexity index is 552. The quantitative estimate of drug-likeness (QED) is 0.876. The first-order valence-electron chi connectivity index (χ1n) is 8.33. The zero-order valence-electron chi connectivity index (χ0n) is 13.0. The van der Waals surface area contributed by atoms with E-state index in [0.29, 0.717) is 31.7 Å². The molecule has 1 heterocycles. The van der Waals surface area contributed by atoms with Gasteiger partial charge in [-0.2, -0.15) is 0 Å². The van der Waals surface area contributed by atoms with Gasteiger partial charge in [-0.1, -0.05) is 24.3 Å². The Kier molecular flexibility index (Phi) is 4.76. The summed E-state index contributed by atoms with van der Waals surface area (Å²) < 4.78 is 0. The van der Waals surface area contributed by atoms with Gasteiger partial charge in [0.2, 0.25) is 11.8 Å². The molecular weight excluding hydrogens is 276 g/mol. The fraction of sp³-hybridized carbons (Fsp3) is 0.556. The zero-order valence-corrected chi connectivity index (χ0v) is 13.0. The van der Waals surface area contributed by atoms with Crippen LogP contribution in [0.1, 0.15) is 43.2 Å². The molecule has 1 fully saturated rings. The Labute approximate surface area is 131 Å². The number of benzene rings is 1. The van der Waals surface area contributed by atoms with E-state index in [9.17, 15) is 9.59 Å². The van der Waals surface area contributed by atoms with E-state index < -0.39 is 0 Å². The summed E-state index contributed by atoms with van der Waals surface area (Å²) in [6.45, 7) is 2.32. The van der Waals surface area contributed by atoms with Crippen molar-refractivity contribution >= 4 is 11.8 Å². The van der Waals surface area contributed by atoms with Crippen LogP contribution in [0.2, 0.25) is 0 Å². The van der Waals surface area contributed by atoms with Gasteiger partial charge in [0.1, 0.15) is 0 Å². The van der Waals surface area contributed by atoms with Crippen molar-refractivity contribution in [1.82, 2.24) is 10.2 Å². The van der Waals surface area contributed by atoms with Crippen molar-refractivity contribution in [3.8, 4) is 0 Å². The number of carbonyl (C=O) groups excluding carboxylic acids is 2. The van der Waals surface area contributed by atoms with Gasteiger partial charge in [0.25, 0.3) is 0 Å². The van der Waals surface area contributed by atoms with Gasteiger partial charge in [0.05, 0.1) is 0 Å². The minimum absolute atomic E-state index is 0.0867. The predicted molar refractivity (Wildman–Crippen MR) is 85.1 cm³/mol. The average molecular weight is 300 g/mol. The van der Waals surface area contributed by atoms with Crippen molar-refractivity contribution in [1.29, 1.82) is 0 Å². The van der Waals surface area contributed by atoms with E-state index in [1.807, 2.05) is 11.0 Å². The molecule has 1 saturated carbocycles. The molecule has 0 spiro atoms. The summed E-state index contributed by atoms with van der Waals surface area (Å²) >= 11 is 0. The van der Waals surface area contributed by atoms with Crippen LogP contribution in [-0.2, 0) is 22.6 Å². The van der Waals surface area contributed by atoms with Crippen LogP contribution in [0.4, 0.5) is 0 Å². The summed E-state index contributed by atoms with van der Waals surface area (Å²) in [5.41, 5.74) is 2.61. The average Bonchev–Trinajstić information content (AvgIpc) is 3.36. The Balaban J connectivity index is 1.38. The number of fused-ring (bicyclic) bond motifs is 1. The lowest BCUT2D eigenvalue weighted by Gasteiger charge is -2.29. The molecule has 4 nitrogen and oxygen atoms in total. The van der Waals surface area contributed by atoms with Gasteiger partial charge in [-0.25, -0.2) is 0 Å². The van der Waals surface area contributed by atoms with E-state index in [1.54, 1.807) is 0 Å². The maximum Gasteiger partial charge on any atom is 0.222 e. The Morgan fingerprint density at radius 3 is 2.68 bits per heavy atom. The molecule has 118 valence electrons. The highest BCUT2D eigenvalue weighted by Crippen LogP contribution is 2.27. The lowest BCUT2D eigenvalue weighted by molar-refractivity contribution is -0.132. The van der Waals surface area contributed by atoms with Gasteiger partial charge in [-0.15, -0.1) is 0 Å². The van der Waals surface area contributed by atoms with Gasteiger partial charge in [0, 0.05) is 32.5 Å². The molecule has 0 bridgehead atoms. The lowest BCUT2D eigenvalue weighted by atomic mass is 9.99. The minimum Gasteiger partial charge on any atom is -0.356 e. The van der Waals surface area contributed by atoms with Gasteiger partial charge in [-0.05, 0) is 42.7 Å². The minimum atomic E-state index is 0.0867. The molecule has 0 atom stereocenters. The molecule has 1 N–H and O–H groups in total. The SMILES string of the molecule is O=C(CCCC(=O)N1CCc2ccccc2C1)NCC1CC1. The zero-order chi connectivity index (χ0) is 15.4. The standard InChI is InChI=1S/C18H24N2O2/c21-17(19-12-14-8-9-14)6-3-7-18(22)20-11-10-15-4-1-2-5-16(15)13-20/h1-2,4-5,14H,3,6-13H2,(H,19,21). The highest BCUT2D eigenvalue weighted by molar-refractivity contribution is 5.79. The van der Waals surface area contributed by atoms with E-state index in [1.165, 1.54) is 24.0 Å². The molecule has 1 aliphatic heterocycles. The molecule has 0 saturated heterocycles. The largest absolute Gasteiger partial charge is 0.356 e. The van der Waals surface area contributed by atoms with E-state index in [-0.39, 0.29) is 11.8 Å². The summed E-state index contributed by atoms with van der Waals surface area (Å²) in [6, 6.07) is 8.31. The van der Waals surface area contributed by atoms with Crippen molar-refractivity contribution in [2.75, 3.05) is 13.1 Å². The van der Waals surface area contributed by atoms with Gasteiger partial charge < -0.3 is 10.2 Å². The molecule has 4 heteroatoms. The number of rotatable bonds is 6. The van der Waals surface area contributed by atoms with Gasteiger partial charge in [0.15, 0.2) is 0 Å². The van der Waals surface area contributed by atoms with Crippen LogP contribution >= 0.6 is 0 Å². The second kappa shape index (κ2) is 6.95. The molecule has 0 aromatic heterocycles. The topological polar surface area (TPSA) is 49.4 Å². The number of amides is 2. The molecule has 1 aromatic rings. The Hall–Kier alpha value is -1.84. The molecule has 2 aliphatic rings. The summed E-state index contributed by atoms with van der Waals surface area (Å²) in [4.78, 5) is 25.8. The molecule has 0 unspecified atom stereocenters. The third kappa shape index (κ3) is 4.09. The number of hydrogen-bond donors (Lipinski definition) is 1. The Morgan fingerprint density at radius 2 is 1.91 bits per heavy atom. The van der Waals surface area contributed by atoms with Crippen molar-refractivity contribution in [3.63, 3.8) is 0 Å². The van der Waals surface area contributed by atoms with Gasteiger partial charge >= 0.3 is 0 Å². The molecule has 2 amide bonds. The first kappa shape index (κ1) is 15.1. The van der Waals surface area contributed by atoms with E-state index in [4.69, 9.17) is 0 Å². The molecule has 1 aliphatic carbocycles. The van der Waals surface area contributed by atoms with Crippen LogP contribution in [0.3, 0.4) is 0 Å². The molecular formula is C18H24N2O2. The molecule has 22 heavy (non-hydrogen) atoms. The number of carbonyl (C=O) groups is 2. The Morgan fingerprint density at radius 1 is 1.14 bits per heavy atom. The maximum atomic E-state index is 12.3. The van der Waals surface area contributed by atoms with Crippen molar-refractivity contribution in [2.24, 2.45) is 5.92 Å². The first-order chi connectivity index (χ1) is 10.7. The highest BCUT2D eigenvalue weighted by Gasteiger charge is 2.22. The number of nitrogens with zero attached hydrogens (tertiary/aromatic N) is 1. The summed E-state index contributed by atoms with van der Waals surface area (Å²) in [6.07, 6.45) is 5.00. The van der Waals surface area contributed by atoms with Crippen LogP contribution in [0.25, 0.3) is 0 Å². The first-order valence-corrected chi connectivity index (χ1v) is 8.33. The van der Waals surface area contributed by atoms with Crippen LogP contribution in [0, 0.1) is 5.92 Å². The second-order valence-electron chi connectivity index (χ2n) is 6.44. The van der Waals surface area contributed by atoms with Crippen LogP contribution < -0.4 is 5.32 Å². The third-order valence-corrected chi connectivity index (χ3v) is 4.56. The van der Waals surface area contributed by atoms with E-state index >= 15 is 0 Å². The predicted octanol–water partition coefficient (Wildman–Crippen LogP) is 2.27. The van der Waals surface area contributed by atoms with Crippen molar-refractivity contribution < 1.29 is 9.59 Å². The third-order valence-electron chi connectivity index (χ3n) is 4.56. The lowest BCUT2D eigenvalue weighted by Crippen LogP contribution is -2.36. The van der Waals surface area contributed by atoms with Crippen LogP contribution in [0.5, 0.6) is 0 Å². The summed E-state index contributed by atoms with van der Waals surface area (Å²) in [7, 11) is 0. The maximum absolute atomic E-state index is 12.3. The van der Waals surface area contributed by atoms with Crippen LogP contribution in [0.15, 0.2) is 24.3 Å². The van der Waals surface area contributed by atoms with Crippen molar-refractivity contribution in [2.45, 2.75) is 45.1 Å².